The number of nitrogens with one attached hydrogen (secondary N) is 1. The first-order chi connectivity index (χ1) is 11.1. The summed E-state index contributed by atoms with van der Waals surface area (Å²) in [5, 5.41) is 19.1. The van der Waals surface area contributed by atoms with E-state index in [1.807, 2.05) is 0 Å². The standard InChI is InChI=1S/C15H11N5O3/c21-14(19-12-4-2-1-3-11(12)15(22)23)10-5-6-16-13(7-10)20-8-17-18-9-20/h1-9H,(H,19,21)(H,22,23). The van der Waals surface area contributed by atoms with Crippen LogP contribution in [-0.4, -0.2) is 36.7 Å². The Balaban J connectivity index is 1.87. The van der Waals surface area contributed by atoms with Gasteiger partial charge in [0.05, 0.1) is 11.3 Å². The summed E-state index contributed by atoms with van der Waals surface area (Å²) in [6.07, 6.45) is 4.40. The molecule has 1 aromatic carbocycles. The summed E-state index contributed by atoms with van der Waals surface area (Å²) in [6, 6.07) is 9.29. The van der Waals surface area contributed by atoms with Crippen molar-refractivity contribution in [1.29, 1.82) is 0 Å². The number of hydrogen-bond acceptors (Lipinski definition) is 5. The molecule has 0 radical (unpaired) electrons. The van der Waals surface area contributed by atoms with E-state index in [2.05, 4.69) is 20.5 Å². The maximum atomic E-state index is 12.3. The fourth-order valence-electron chi connectivity index (χ4n) is 1.99. The van der Waals surface area contributed by atoms with Gasteiger partial charge in [-0.15, -0.1) is 10.2 Å². The first kappa shape index (κ1) is 14.4. The average Bonchev–Trinajstić information content (AvgIpc) is 3.10. The first-order valence-corrected chi connectivity index (χ1v) is 6.60. The zero-order valence-electron chi connectivity index (χ0n) is 11.7. The lowest BCUT2D eigenvalue weighted by molar-refractivity contribution is 0.0698. The summed E-state index contributed by atoms with van der Waals surface area (Å²) >= 11 is 0. The van der Waals surface area contributed by atoms with Crippen LogP contribution in [0.2, 0.25) is 0 Å². The Kier molecular flexibility index (Phi) is 3.79. The smallest absolute Gasteiger partial charge is 0.337 e. The number of aromatic carboxylic acids is 1. The topological polar surface area (TPSA) is 110 Å². The lowest BCUT2D eigenvalue weighted by Gasteiger charge is -2.09. The number of rotatable bonds is 4. The van der Waals surface area contributed by atoms with Crippen molar-refractivity contribution in [2.75, 3.05) is 5.32 Å². The molecule has 0 aliphatic carbocycles. The number of carbonyl (C=O) groups is 2. The molecular formula is C15H11N5O3. The predicted molar refractivity (Wildman–Crippen MR) is 80.5 cm³/mol. The highest BCUT2D eigenvalue weighted by Gasteiger charge is 2.13. The summed E-state index contributed by atoms with van der Waals surface area (Å²) in [7, 11) is 0. The minimum atomic E-state index is -1.11. The molecule has 8 nitrogen and oxygen atoms in total. The number of benzene rings is 1. The van der Waals surface area contributed by atoms with Gasteiger partial charge in [-0.05, 0) is 24.3 Å². The molecule has 0 fully saturated rings. The predicted octanol–water partition coefficient (Wildman–Crippen LogP) is 1.61. The van der Waals surface area contributed by atoms with E-state index in [0.29, 0.717) is 11.4 Å². The van der Waals surface area contributed by atoms with Crippen LogP contribution < -0.4 is 5.32 Å². The van der Waals surface area contributed by atoms with Gasteiger partial charge in [0.2, 0.25) is 0 Å². The molecule has 0 saturated carbocycles. The Hall–Kier alpha value is -3.55. The van der Waals surface area contributed by atoms with Gasteiger partial charge in [0, 0.05) is 11.8 Å². The van der Waals surface area contributed by atoms with E-state index in [1.165, 1.54) is 37.1 Å². The molecule has 3 aromatic rings. The van der Waals surface area contributed by atoms with Crippen molar-refractivity contribution >= 4 is 17.6 Å². The van der Waals surface area contributed by atoms with Gasteiger partial charge in [0.1, 0.15) is 18.5 Å². The molecule has 0 saturated heterocycles. The number of amides is 1. The van der Waals surface area contributed by atoms with Gasteiger partial charge in [-0.3, -0.25) is 9.36 Å². The van der Waals surface area contributed by atoms with Crippen LogP contribution in [0.1, 0.15) is 20.7 Å². The third-order valence-corrected chi connectivity index (χ3v) is 3.10. The van der Waals surface area contributed by atoms with Crippen LogP contribution in [0.15, 0.2) is 55.2 Å². The van der Waals surface area contributed by atoms with Gasteiger partial charge in [-0.25, -0.2) is 9.78 Å². The minimum absolute atomic E-state index is 0.0222. The van der Waals surface area contributed by atoms with Gasteiger partial charge < -0.3 is 10.4 Å². The van der Waals surface area contributed by atoms with Gasteiger partial charge >= 0.3 is 5.97 Å². The monoisotopic (exact) mass is 309 g/mol. The molecule has 0 spiro atoms. The molecular weight excluding hydrogens is 298 g/mol. The molecule has 0 aliphatic heterocycles. The van der Waals surface area contributed by atoms with E-state index in [1.54, 1.807) is 22.8 Å². The maximum absolute atomic E-state index is 12.3. The normalized spacial score (nSPS) is 10.3. The Morgan fingerprint density at radius 3 is 2.57 bits per heavy atom. The highest BCUT2D eigenvalue weighted by Crippen LogP contribution is 2.16. The summed E-state index contributed by atoms with van der Waals surface area (Å²) in [5.74, 6) is -1.06. The van der Waals surface area contributed by atoms with Crippen molar-refractivity contribution in [3.05, 3.63) is 66.4 Å². The number of anilines is 1. The molecule has 1 amide bonds. The highest BCUT2D eigenvalue weighted by atomic mass is 16.4. The van der Waals surface area contributed by atoms with Crippen LogP contribution in [-0.2, 0) is 0 Å². The fraction of sp³-hybridized carbons (Fsp3) is 0. The maximum Gasteiger partial charge on any atom is 0.337 e. The van der Waals surface area contributed by atoms with E-state index >= 15 is 0 Å². The zero-order valence-corrected chi connectivity index (χ0v) is 11.7. The quantitative estimate of drug-likeness (QED) is 0.757. The number of para-hydroxylation sites is 1. The van der Waals surface area contributed by atoms with Gasteiger partial charge in [-0.1, -0.05) is 12.1 Å². The average molecular weight is 309 g/mol. The lowest BCUT2D eigenvalue weighted by Crippen LogP contribution is -2.15. The highest BCUT2D eigenvalue weighted by molar-refractivity contribution is 6.07. The van der Waals surface area contributed by atoms with Gasteiger partial charge in [0.15, 0.2) is 0 Å². The fourth-order valence-corrected chi connectivity index (χ4v) is 1.99. The second kappa shape index (κ2) is 6.06. The van der Waals surface area contributed by atoms with Crippen molar-refractivity contribution in [3.8, 4) is 5.82 Å². The van der Waals surface area contributed by atoms with Gasteiger partial charge in [-0.2, -0.15) is 0 Å². The molecule has 0 unspecified atom stereocenters. The summed E-state index contributed by atoms with van der Waals surface area (Å²) in [6.45, 7) is 0. The molecule has 8 heteroatoms. The number of carboxylic acid groups (broad SMARTS) is 1. The van der Waals surface area contributed by atoms with Crippen molar-refractivity contribution in [2.24, 2.45) is 0 Å². The number of aromatic nitrogens is 4. The van der Waals surface area contributed by atoms with Crippen LogP contribution in [0.4, 0.5) is 5.69 Å². The van der Waals surface area contributed by atoms with E-state index < -0.39 is 11.9 Å². The number of hydrogen-bond donors (Lipinski definition) is 2. The van der Waals surface area contributed by atoms with Crippen molar-refractivity contribution in [2.45, 2.75) is 0 Å². The van der Waals surface area contributed by atoms with E-state index in [0.717, 1.165) is 0 Å². The number of carboxylic acids is 1. The molecule has 0 bridgehead atoms. The van der Waals surface area contributed by atoms with E-state index in [4.69, 9.17) is 5.11 Å². The van der Waals surface area contributed by atoms with Crippen molar-refractivity contribution in [1.82, 2.24) is 19.7 Å². The SMILES string of the molecule is O=C(Nc1ccccc1C(=O)O)c1ccnc(-n2cnnc2)c1. The second-order valence-electron chi connectivity index (χ2n) is 4.58. The van der Waals surface area contributed by atoms with Crippen molar-refractivity contribution < 1.29 is 14.7 Å². The van der Waals surface area contributed by atoms with E-state index in [9.17, 15) is 9.59 Å². The minimum Gasteiger partial charge on any atom is -0.478 e. The largest absolute Gasteiger partial charge is 0.478 e. The molecule has 23 heavy (non-hydrogen) atoms. The van der Waals surface area contributed by atoms with Crippen LogP contribution in [0.3, 0.4) is 0 Å². The summed E-state index contributed by atoms with van der Waals surface area (Å²) < 4.78 is 1.56. The summed E-state index contributed by atoms with van der Waals surface area (Å²) in [4.78, 5) is 27.6. The van der Waals surface area contributed by atoms with Crippen molar-refractivity contribution in [3.63, 3.8) is 0 Å². The van der Waals surface area contributed by atoms with Crippen LogP contribution in [0, 0.1) is 0 Å². The Morgan fingerprint density at radius 1 is 1.09 bits per heavy atom. The second-order valence-corrected chi connectivity index (χ2v) is 4.58. The molecule has 2 heterocycles. The number of nitrogens with zero attached hydrogens (tertiary/aromatic N) is 4. The molecule has 0 aliphatic rings. The zero-order chi connectivity index (χ0) is 16.2. The third kappa shape index (κ3) is 3.05. The van der Waals surface area contributed by atoms with Crippen LogP contribution in [0.25, 0.3) is 5.82 Å². The van der Waals surface area contributed by atoms with Gasteiger partial charge in [0.25, 0.3) is 5.91 Å². The van der Waals surface area contributed by atoms with E-state index in [-0.39, 0.29) is 11.3 Å². The Labute approximate surface area is 130 Å². The molecule has 114 valence electrons. The molecule has 0 atom stereocenters. The third-order valence-electron chi connectivity index (χ3n) is 3.10. The first-order valence-electron chi connectivity index (χ1n) is 6.60. The molecule has 2 aromatic heterocycles. The number of carbonyl (C=O) groups excluding carboxylic acids is 1. The summed E-state index contributed by atoms with van der Waals surface area (Å²) in [5.41, 5.74) is 0.588. The molecule has 2 N–H and O–H groups in total. The van der Waals surface area contributed by atoms with Crippen LogP contribution >= 0.6 is 0 Å². The van der Waals surface area contributed by atoms with Crippen LogP contribution in [0.5, 0.6) is 0 Å². The Morgan fingerprint density at radius 2 is 1.83 bits per heavy atom. The Bertz CT molecular complexity index is 861. The lowest BCUT2D eigenvalue weighted by atomic mass is 10.1. The molecule has 3 rings (SSSR count). The number of pyridine rings is 1.